The van der Waals surface area contributed by atoms with Gasteiger partial charge in [0.25, 0.3) is 0 Å². The average molecular weight is 339 g/mol. The molecule has 1 aliphatic rings. The SMILES string of the molecule is CCOC(=O)C1(C)Nc2c(ccc3sc4ccccc4c23)C1C=O. The van der Waals surface area contributed by atoms with Gasteiger partial charge in [0.05, 0.1) is 12.5 Å². The normalized spacial score (nSPS) is 22.3. The lowest BCUT2D eigenvalue weighted by atomic mass is 9.85. The Kier molecular flexibility index (Phi) is 3.35. The minimum absolute atomic E-state index is 0.287. The molecule has 2 aromatic carbocycles. The van der Waals surface area contributed by atoms with Crippen LogP contribution >= 0.6 is 11.3 Å². The van der Waals surface area contributed by atoms with Gasteiger partial charge >= 0.3 is 5.97 Å². The number of rotatable bonds is 3. The van der Waals surface area contributed by atoms with Crippen molar-refractivity contribution in [2.45, 2.75) is 25.3 Å². The predicted molar refractivity (Wildman–Crippen MR) is 96.8 cm³/mol. The van der Waals surface area contributed by atoms with E-state index in [2.05, 4.69) is 17.4 Å². The Morgan fingerprint density at radius 1 is 1.29 bits per heavy atom. The molecule has 0 amide bonds. The van der Waals surface area contributed by atoms with E-state index in [9.17, 15) is 9.59 Å². The second-order valence-corrected chi connectivity index (χ2v) is 7.25. The highest BCUT2D eigenvalue weighted by Gasteiger charge is 2.50. The Bertz CT molecular complexity index is 977. The fraction of sp³-hybridized carbons (Fsp3) is 0.263. The Labute approximate surface area is 143 Å². The van der Waals surface area contributed by atoms with E-state index in [1.54, 1.807) is 25.2 Å². The van der Waals surface area contributed by atoms with E-state index >= 15 is 0 Å². The molecule has 2 unspecified atom stereocenters. The molecule has 0 saturated carbocycles. The largest absolute Gasteiger partial charge is 0.464 e. The molecule has 122 valence electrons. The van der Waals surface area contributed by atoms with Gasteiger partial charge in [0.15, 0.2) is 0 Å². The van der Waals surface area contributed by atoms with Crippen molar-refractivity contribution in [3.8, 4) is 0 Å². The molecule has 1 aromatic heterocycles. The predicted octanol–water partition coefficient (Wildman–Crippen LogP) is 4.08. The maximum Gasteiger partial charge on any atom is 0.332 e. The van der Waals surface area contributed by atoms with Gasteiger partial charge in [0.1, 0.15) is 11.8 Å². The van der Waals surface area contributed by atoms with Crippen LogP contribution in [0.3, 0.4) is 0 Å². The third-order valence-electron chi connectivity index (χ3n) is 4.75. The summed E-state index contributed by atoms with van der Waals surface area (Å²) in [4.78, 5) is 24.3. The number of esters is 1. The van der Waals surface area contributed by atoms with Gasteiger partial charge in [-0.15, -0.1) is 11.3 Å². The van der Waals surface area contributed by atoms with Gasteiger partial charge in [0.2, 0.25) is 0 Å². The fourth-order valence-corrected chi connectivity index (χ4v) is 4.66. The summed E-state index contributed by atoms with van der Waals surface area (Å²) in [5.74, 6) is -0.958. The molecule has 5 heteroatoms. The summed E-state index contributed by atoms with van der Waals surface area (Å²) in [6, 6.07) is 12.2. The van der Waals surface area contributed by atoms with Crippen LogP contribution in [-0.2, 0) is 14.3 Å². The van der Waals surface area contributed by atoms with Crippen LogP contribution < -0.4 is 5.32 Å². The fourth-order valence-electron chi connectivity index (χ4n) is 3.54. The Morgan fingerprint density at radius 3 is 2.83 bits per heavy atom. The summed E-state index contributed by atoms with van der Waals surface area (Å²) in [7, 11) is 0. The van der Waals surface area contributed by atoms with Crippen molar-refractivity contribution in [1.82, 2.24) is 0 Å². The van der Waals surface area contributed by atoms with Crippen molar-refractivity contribution in [3.05, 3.63) is 42.0 Å². The van der Waals surface area contributed by atoms with Crippen LogP contribution in [0.25, 0.3) is 20.2 Å². The lowest BCUT2D eigenvalue weighted by Crippen LogP contribution is -2.46. The Balaban J connectivity index is 1.98. The molecule has 2 heterocycles. The minimum atomic E-state index is -1.07. The summed E-state index contributed by atoms with van der Waals surface area (Å²) in [6.45, 7) is 3.79. The van der Waals surface area contributed by atoms with Crippen molar-refractivity contribution < 1.29 is 14.3 Å². The third kappa shape index (κ3) is 1.91. The molecule has 0 fully saturated rings. The van der Waals surface area contributed by atoms with E-state index in [-0.39, 0.29) is 6.61 Å². The van der Waals surface area contributed by atoms with Crippen molar-refractivity contribution in [3.63, 3.8) is 0 Å². The van der Waals surface area contributed by atoms with E-state index in [0.29, 0.717) is 0 Å². The number of carbonyl (C=O) groups is 2. The van der Waals surface area contributed by atoms with Gasteiger partial charge in [-0.3, -0.25) is 0 Å². The molecule has 0 bridgehead atoms. The standard InChI is InChI=1S/C19H17NO3S/c1-3-23-18(22)19(2)13(10-21)11-8-9-15-16(17(11)20-19)12-6-4-5-7-14(12)24-15/h4-10,13,20H,3H2,1-2H3. The molecule has 1 N–H and O–H groups in total. The number of benzene rings is 2. The van der Waals surface area contributed by atoms with Crippen molar-refractivity contribution in [2.24, 2.45) is 0 Å². The maximum atomic E-state index is 12.5. The number of hydrogen-bond donors (Lipinski definition) is 1. The number of hydrogen-bond acceptors (Lipinski definition) is 5. The molecule has 1 aliphatic heterocycles. The zero-order valence-electron chi connectivity index (χ0n) is 13.5. The average Bonchev–Trinajstić information content (AvgIpc) is 3.09. The quantitative estimate of drug-likeness (QED) is 0.577. The molecule has 24 heavy (non-hydrogen) atoms. The van der Waals surface area contributed by atoms with Gasteiger partial charge in [-0.05, 0) is 31.5 Å². The number of thiophene rings is 1. The smallest absolute Gasteiger partial charge is 0.332 e. The second kappa shape index (κ2) is 5.31. The highest BCUT2D eigenvalue weighted by atomic mass is 32.1. The molecule has 4 rings (SSSR count). The van der Waals surface area contributed by atoms with E-state index in [0.717, 1.165) is 33.0 Å². The lowest BCUT2D eigenvalue weighted by Gasteiger charge is -2.26. The summed E-state index contributed by atoms with van der Waals surface area (Å²) in [6.07, 6.45) is 0.843. The third-order valence-corrected chi connectivity index (χ3v) is 5.89. The van der Waals surface area contributed by atoms with Gasteiger partial charge in [-0.1, -0.05) is 24.3 Å². The monoisotopic (exact) mass is 339 g/mol. The number of ether oxygens (including phenoxy) is 1. The number of aldehydes is 1. The zero-order valence-corrected chi connectivity index (χ0v) is 14.3. The lowest BCUT2D eigenvalue weighted by molar-refractivity contribution is -0.149. The summed E-state index contributed by atoms with van der Waals surface area (Å²) in [5.41, 5.74) is 0.659. The maximum absolute atomic E-state index is 12.5. The molecule has 4 nitrogen and oxygen atoms in total. The second-order valence-electron chi connectivity index (χ2n) is 6.16. The minimum Gasteiger partial charge on any atom is -0.464 e. The first kappa shape index (κ1) is 15.1. The first-order valence-electron chi connectivity index (χ1n) is 7.95. The van der Waals surface area contributed by atoms with Gasteiger partial charge in [-0.25, -0.2) is 4.79 Å². The first-order chi connectivity index (χ1) is 11.6. The van der Waals surface area contributed by atoms with Crippen molar-refractivity contribution in [2.75, 3.05) is 11.9 Å². The number of fused-ring (bicyclic) bond motifs is 5. The Morgan fingerprint density at radius 2 is 2.08 bits per heavy atom. The number of carbonyl (C=O) groups excluding carboxylic acids is 2. The molecular weight excluding hydrogens is 322 g/mol. The molecule has 3 aromatic rings. The highest BCUT2D eigenvalue weighted by molar-refractivity contribution is 7.26. The van der Waals surface area contributed by atoms with E-state index in [1.165, 1.54) is 4.70 Å². The number of anilines is 1. The Hall–Kier alpha value is -2.40. The first-order valence-corrected chi connectivity index (χ1v) is 8.76. The van der Waals surface area contributed by atoms with Crippen molar-refractivity contribution in [1.29, 1.82) is 0 Å². The molecule has 0 radical (unpaired) electrons. The van der Waals surface area contributed by atoms with E-state index < -0.39 is 17.4 Å². The van der Waals surface area contributed by atoms with Crippen LogP contribution in [0.15, 0.2) is 36.4 Å². The van der Waals surface area contributed by atoms with Crippen LogP contribution in [0, 0.1) is 0 Å². The van der Waals surface area contributed by atoms with E-state index in [1.807, 2.05) is 24.3 Å². The van der Waals surface area contributed by atoms with Crippen LogP contribution in [0.5, 0.6) is 0 Å². The van der Waals surface area contributed by atoms with Crippen LogP contribution in [0.4, 0.5) is 5.69 Å². The summed E-state index contributed by atoms with van der Waals surface area (Å²) < 4.78 is 7.54. The molecule has 0 aliphatic carbocycles. The van der Waals surface area contributed by atoms with Gasteiger partial charge in [0, 0.05) is 25.9 Å². The van der Waals surface area contributed by atoms with E-state index in [4.69, 9.17) is 4.74 Å². The van der Waals surface area contributed by atoms with Crippen LogP contribution in [0.2, 0.25) is 0 Å². The molecular formula is C19H17NO3S. The highest BCUT2D eigenvalue weighted by Crippen LogP contribution is 2.49. The molecule has 2 atom stereocenters. The van der Waals surface area contributed by atoms with Gasteiger partial charge < -0.3 is 14.8 Å². The van der Waals surface area contributed by atoms with Crippen LogP contribution in [0.1, 0.15) is 25.3 Å². The van der Waals surface area contributed by atoms with Crippen LogP contribution in [-0.4, -0.2) is 24.4 Å². The zero-order chi connectivity index (χ0) is 16.9. The topological polar surface area (TPSA) is 55.4 Å². The molecule has 0 saturated heterocycles. The number of nitrogens with one attached hydrogen (secondary N) is 1. The molecule has 0 spiro atoms. The van der Waals surface area contributed by atoms with Gasteiger partial charge in [-0.2, -0.15) is 0 Å². The van der Waals surface area contributed by atoms with Crippen molar-refractivity contribution >= 4 is 49.5 Å². The summed E-state index contributed by atoms with van der Waals surface area (Å²) in [5, 5.41) is 5.53. The summed E-state index contributed by atoms with van der Waals surface area (Å²) >= 11 is 1.71.